The minimum atomic E-state index is 0. The lowest BCUT2D eigenvalue weighted by molar-refractivity contribution is 0.0203. The number of hydrogen-bond donors (Lipinski definition) is 2. The molecule has 2 aliphatic heterocycles. The zero-order valence-electron chi connectivity index (χ0n) is 18.0. The number of nitrogens with one attached hydrogen (secondary N) is 2. The van der Waals surface area contributed by atoms with Gasteiger partial charge in [-0.05, 0) is 31.2 Å². The van der Waals surface area contributed by atoms with Gasteiger partial charge in [-0.25, -0.2) is 4.98 Å². The molecule has 0 radical (unpaired) electrons. The second-order valence-electron chi connectivity index (χ2n) is 7.42. The molecule has 0 amide bonds. The first kappa shape index (κ1) is 25.1. The molecule has 2 N–H and O–H groups in total. The molecule has 1 aromatic heterocycles. The lowest BCUT2D eigenvalue weighted by Crippen LogP contribution is -2.39. The van der Waals surface area contributed by atoms with Crippen LogP contribution in [0.15, 0.2) is 23.3 Å². The van der Waals surface area contributed by atoms with Crippen molar-refractivity contribution < 1.29 is 14.2 Å². The quantitative estimate of drug-likeness (QED) is 0.218. The molecule has 2 fully saturated rings. The van der Waals surface area contributed by atoms with Crippen molar-refractivity contribution in [3.8, 4) is 0 Å². The second-order valence-corrected chi connectivity index (χ2v) is 7.42. The van der Waals surface area contributed by atoms with Crippen LogP contribution < -0.4 is 15.5 Å². The first-order chi connectivity index (χ1) is 14.4. The molecular formula is C21H36IN5O3. The van der Waals surface area contributed by atoms with Crippen LogP contribution in [-0.2, 0) is 20.8 Å². The normalized spacial score (nSPS) is 18.0. The fourth-order valence-corrected chi connectivity index (χ4v) is 3.57. The number of halogens is 1. The highest BCUT2D eigenvalue weighted by atomic mass is 127. The number of hydrogen-bond acceptors (Lipinski definition) is 6. The summed E-state index contributed by atoms with van der Waals surface area (Å²) in [6.07, 6.45) is 5.04. The predicted molar refractivity (Wildman–Crippen MR) is 130 cm³/mol. The first-order valence-electron chi connectivity index (χ1n) is 10.7. The van der Waals surface area contributed by atoms with Crippen molar-refractivity contribution >= 4 is 35.8 Å². The summed E-state index contributed by atoms with van der Waals surface area (Å²) in [5, 5.41) is 6.76. The molecule has 170 valence electrons. The van der Waals surface area contributed by atoms with Crippen molar-refractivity contribution in [3.05, 3.63) is 23.9 Å². The summed E-state index contributed by atoms with van der Waals surface area (Å²) in [6, 6.07) is 4.09. The Hall–Kier alpha value is -1.17. The van der Waals surface area contributed by atoms with E-state index >= 15 is 0 Å². The van der Waals surface area contributed by atoms with Gasteiger partial charge in [0.1, 0.15) is 5.82 Å². The molecule has 3 heterocycles. The van der Waals surface area contributed by atoms with E-state index in [-0.39, 0.29) is 24.0 Å². The molecule has 0 unspecified atom stereocenters. The van der Waals surface area contributed by atoms with Crippen molar-refractivity contribution in [2.75, 3.05) is 71.2 Å². The van der Waals surface area contributed by atoms with Crippen LogP contribution in [-0.4, -0.2) is 77.3 Å². The van der Waals surface area contributed by atoms with Gasteiger partial charge >= 0.3 is 0 Å². The van der Waals surface area contributed by atoms with Crippen molar-refractivity contribution in [2.24, 2.45) is 10.9 Å². The van der Waals surface area contributed by atoms with Gasteiger partial charge in [-0.15, -0.1) is 24.0 Å². The summed E-state index contributed by atoms with van der Waals surface area (Å²) in [7, 11) is 1.79. The van der Waals surface area contributed by atoms with Crippen LogP contribution in [0.3, 0.4) is 0 Å². The standard InChI is InChI=1S/C21H35N5O3.HI/c1-22-21(24-8-3-11-29-17-18-5-12-27-13-6-18)25-16-19-4-2-7-23-20(19)26-9-14-28-15-10-26;/h2,4,7,18H,3,5-6,8-17H2,1H3,(H2,22,24,25);1H. The average molecular weight is 533 g/mol. The Morgan fingerprint density at radius 1 is 1.20 bits per heavy atom. The van der Waals surface area contributed by atoms with Gasteiger partial charge in [-0.1, -0.05) is 6.07 Å². The third-order valence-corrected chi connectivity index (χ3v) is 5.30. The SMILES string of the molecule is CN=C(NCCCOCC1CCOCC1)NCc1cccnc1N1CCOCC1.I. The van der Waals surface area contributed by atoms with Crippen LogP contribution in [0.2, 0.25) is 0 Å². The van der Waals surface area contributed by atoms with Gasteiger partial charge in [0.05, 0.1) is 13.2 Å². The minimum absolute atomic E-state index is 0. The summed E-state index contributed by atoms with van der Waals surface area (Å²) in [5.74, 6) is 2.48. The lowest BCUT2D eigenvalue weighted by atomic mass is 10.0. The molecule has 0 bridgehead atoms. The molecule has 8 nitrogen and oxygen atoms in total. The van der Waals surface area contributed by atoms with Gasteiger partial charge in [0, 0.05) is 71.4 Å². The number of anilines is 1. The molecule has 2 aliphatic rings. The molecule has 0 spiro atoms. The van der Waals surface area contributed by atoms with Gasteiger partial charge in [-0.2, -0.15) is 0 Å². The van der Waals surface area contributed by atoms with Crippen LogP contribution in [0.4, 0.5) is 5.82 Å². The number of ether oxygens (including phenoxy) is 3. The largest absolute Gasteiger partial charge is 0.381 e. The van der Waals surface area contributed by atoms with Crippen LogP contribution in [0.5, 0.6) is 0 Å². The number of guanidine groups is 1. The number of nitrogens with zero attached hydrogens (tertiary/aromatic N) is 3. The monoisotopic (exact) mass is 533 g/mol. The van der Waals surface area contributed by atoms with E-state index in [9.17, 15) is 0 Å². The number of morpholine rings is 1. The Morgan fingerprint density at radius 2 is 1.97 bits per heavy atom. The fourth-order valence-electron chi connectivity index (χ4n) is 3.57. The molecule has 0 atom stereocenters. The van der Waals surface area contributed by atoms with E-state index in [2.05, 4.69) is 31.6 Å². The summed E-state index contributed by atoms with van der Waals surface area (Å²) in [4.78, 5) is 11.2. The topological polar surface area (TPSA) is 80.2 Å². The number of rotatable bonds is 9. The zero-order chi connectivity index (χ0) is 20.2. The predicted octanol–water partition coefficient (Wildman–Crippen LogP) is 2.03. The van der Waals surface area contributed by atoms with Gasteiger partial charge in [-0.3, -0.25) is 4.99 Å². The smallest absolute Gasteiger partial charge is 0.191 e. The molecule has 0 aromatic carbocycles. The Bertz CT molecular complexity index is 622. The first-order valence-corrected chi connectivity index (χ1v) is 10.7. The van der Waals surface area contributed by atoms with Crippen LogP contribution >= 0.6 is 24.0 Å². The Morgan fingerprint density at radius 3 is 2.73 bits per heavy atom. The average Bonchev–Trinajstić information content (AvgIpc) is 2.79. The maximum Gasteiger partial charge on any atom is 0.191 e. The highest BCUT2D eigenvalue weighted by Crippen LogP contribution is 2.18. The summed E-state index contributed by atoms with van der Waals surface area (Å²) in [6.45, 7) is 8.15. The van der Waals surface area contributed by atoms with E-state index in [0.29, 0.717) is 12.5 Å². The highest BCUT2D eigenvalue weighted by molar-refractivity contribution is 14.0. The maximum atomic E-state index is 5.82. The van der Waals surface area contributed by atoms with E-state index in [1.165, 1.54) is 0 Å². The van der Waals surface area contributed by atoms with E-state index < -0.39 is 0 Å². The van der Waals surface area contributed by atoms with E-state index in [1.54, 1.807) is 7.05 Å². The van der Waals surface area contributed by atoms with E-state index in [1.807, 2.05) is 12.3 Å². The van der Waals surface area contributed by atoms with E-state index in [4.69, 9.17) is 14.2 Å². The molecule has 0 aliphatic carbocycles. The molecule has 1 aromatic rings. The molecule has 3 rings (SSSR count). The maximum absolute atomic E-state index is 5.82. The van der Waals surface area contributed by atoms with Gasteiger partial charge in [0.25, 0.3) is 0 Å². The number of pyridine rings is 1. The lowest BCUT2D eigenvalue weighted by Gasteiger charge is -2.29. The molecular weight excluding hydrogens is 497 g/mol. The summed E-state index contributed by atoms with van der Waals surface area (Å²) in [5.41, 5.74) is 1.16. The Kier molecular flexibility index (Phi) is 12.4. The Labute approximate surface area is 197 Å². The minimum Gasteiger partial charge on any atom is -0.381 e. The van der Waals surface area contributed by atoms with Gasteiger partial charge in [0.2, 0.25) is 0 Å². The molecule has 30 heavy (non-hydrogen) atoms. The summed E-state index contributed by atoms with van der Waals surface area (Å²) >= 11 is 0. The van der Waals surface area contributed by atoms with Crippen LogP contribution in [0.1, 0.15) is 24.8 Å². The van der Waals surface area contributed by atoms with Crippen LogP contribution in [0, 0.1) is 5.92 Å². The van der Waals surface area contributed by atoms with Crippen molar-refractivity contribution in [2.45, 2.75) is 25.8 Å². The van der Waals surface area contributed by atoms with Gasteiger partial charge < -0.3 is 29.7 Å². The third-order valence-electron chi connectivity index (χ3n) is 5.30. The van der Waals surface area contributed by atoms with E-state index in [0.717, 1.165) is 95.9 Å². The molecule has 9 heteroatoms. The highest BCUT2D eigenvalue weighted by Gasteiger charge is 2.16. The van der Waals surface area contributed by atoms with Crippen molar-refractivity contribution in [3.63, 3.8) is 0 Å². The Balaban J connectivity index is 0.00000320. The molecule has 0 saturated carbocycles. The number of aliphatic imine (C=N–C) groups is 1. The number of aromatic nitrogens is 1. The van der Waals surface area contributed by atoms with Crippen molar-refractivity contribution in [1.29, 1.82) is 0 Å². The zero-order valence-corrected chi connectivity index (χ0v) is 20.3. The van der Waals surface area contributed by atoms with Crippen molar-refractivity contribution in [1.82, 2.24) is 15.6 Å². The van der Waals surface area contributed by atoms with Crippen LogP contribution in [0.25, 0.3) is 0 Å². The van der Waals surface area contributed by atoms with Gasteiger partial charge in [0.15, 0.2) is 5.96 Å². The summed E-state index contributed by atoms with van der Waals surface area (Å²) < 4.78 is 16.7. The second kappa shape index (κ2) is 14.8. The third kappa shape index (κ3) is 8.52. The fraction of sp³-hybridized carbons (Fsp3) is 0.714. The molecule has 2 saturated heterocycles.